The predicted molar refractivity (Wildman–Crippen MR) is 155 cm³/mol. The molecule has 7 aromatic rings. The van der Waals surface area contributed by atoms with Gasteiger partial charge in [0.15, 0.2) is 17.2 Å². The van der Waals surface area contributed by atoms with Gasteiger partial charge in [0.25, 0.3) is 0 Å². The first-order valence-corrected chi connectivity index (χ1v) is 13.4. The zero-order valence-corrected chi connectivity index (χ0v) is 22.0. The van der Waals surface area contributed by atoms with E-state index in [1.54, 1.807) is 29.3 Å². The standard InChI is InChI=1S/C33H21N5O4/c39-33-27-26(21-12-14-23(15-13-21)40-18-20-7-2-1-3-8-20)28-31-36-30(22-9-6-16-34-17-22)37-38(31)19-35-32(28)42-29(27)24-10-4-5-11-25(24)41-33/h1-17,19,26H,18H2. The van der Waals surface area contributed by atoms with Crippen LogP contribution in [-0.4, -0.2) is 24.6 Å². The number of hydrogen-bond acceptors (Lipinski definition) is 8. The van der Waals surface area contributed by atoms with Crippen LogP contribution in [0.25, 0.3) is 28.0 Å². The Labute approximate surface area is 238 Å². The third-order valence-corrected chi connectivity index (χ3v) is 7.34. The molecule has 42 heavy (non-hydrogen) atoms. The summed E-state index contributed by atoms with van der Waals surface area (Å²) < 4.78 is 19.8. The van der Waals surface area contributed by atoms with Crippen molar-refractivity contribution in [1.82, 2.24) is 24.6 Å². The number of ether oxygens (including phenoxy) is 2. The second-order valence-electron chi connectivity index (χ2n) is 9.92. The molecule has 0 saturated heterocycles. The zero-order chi connectivity index (χ0) is 28.0. The molecule has 0 bridgehead atoms. The fourth-order valence-corrected chi connectivity index (χ4v) is 5.38. The van der Waals surface area contributed by atoms with Crippen LogP contribution < -0.4 is 15.1 Å². The minimum atomic E-state index is -0.588. The maximum absolute atomic E-state index is 13.6. The molecular formula is C33H21N5O4. The van der Waals surface area contributed by atoms with Gasteiger partial charge in [-0.2, -0.15) is 0 Å². The van der Waals surface area contributed by atoms with E-state index in [0.29, 0.717) is 57.6 Å². The van der Waals surface area contributed by atoms with Crippen molar-refractivity contribution in [2.75, 3.05) is 0 Å². The van der Waals surface area contributed by atoms with E-state index in [0.717, 1.165) is 16.7 Å². The van der Waals surface area contributed by atoms with Gasteiger partial charge >= 0.3 is 5.63 Å². The van der Waals surface area contributed by atoms with E-state index in [9.17, 15) is 4.79 Å². The van der Waals surface area contributed by atoms with Gasteiger partial charge in [0, 0.05) is 18.0 Å². The minimum Gasteiger partial charge on any atom is -0.489 e. The number of pyridine rings is 1. The molecule has 0 spiro atoms. The molecule has 202 valence electrons. The summed E-state index contributed by atoms with van der Waals surface area (Å²) in [6.07, 6.45) is 4.96. The van der Waals surface area contributed by atoms with Crippen LogP contribution in [0.2, 0.25) is 0 Å². The quantitative estimate of drug-likeness (QED) is 0.234. The molecule has 0 saturated carbocycles. The molecule has 9 heteroatoms. The van der Waals surface area contributed by atoms with E-state index in [4.69, 9.17) is 18.9 Å². The van der Waals surface area contributed by atoms with Gasteiger partial charge in [-0.25, -0.2) is 19.3 Å². The van der Waals surface area contributed by atoms with Crippen LogP contribution in [0.15, 0.2) is 119 Å². The molecule has 1 aliphatic rings. The SMILES string of the molecule is O=c1oc2ccccc2c2c1C(c1ccc(OCc3ccccc3)cc1)c1c(ncn3nc(-c4cccnc4)nc13)O2. The molecule has 4 aromatic heterocycles. The highest BCUT2D eigenvalue weighted by atomic mass is 16.5. The molecular weight excluding hydrogens is 530 g/mol. The highest BCUT2D eigenvalue weighted by molar-refractivity contribution is 5.87. The largest absolute Gasteiger partial charge is 0.489 e. The summed E-state index contributed by atoms with van der Waals surface area (Å²) in [6, 6.07) is 28.7. The molecule has 8 rings (SSSR count). The molecule has 0 aliphatic carbocycles. The van der Waals surface area contributed by atoms with Crippen molar-refractivity contribution in [3.05, 3.63) is 142 Å². The summed E-state index contributed by atoms with van der Waals surface area (Å²) in [6.45, 7) is 0.445. The van der Waals surface area contributed by atoms with Crippen LogP contribution in [0.1, 0.15) is 28.2 Å². The van der Waals surface area contributed by atoms with Crippen LogP contribution >= 0.6 is 0 Å². The number of aromatic nitrogens is 5. The first-order chi connectivity index (χ1) is 20.7. The Morgan fingerprint density at radius 3 is 2.55 bits per heavy atom. The molecule has 5 heterocycles. The highest BCUT2D eigenvalue weighted by Gasteiger charge is 2.37. The van der Waals surface area contributed by atoms with E-state index in [1.807, 2.05) is 84.9 Å². The summed E-state index contributed by atoms with van der Waals surface area (Å²) in [5.74, 6) is 1.38. The van der Waals surface area contributed by atoms with Crippen LogP contribution in [0, 0.1) is 0 Å². The normalized spacial score (nSPS) is 13.9. The van der Waals surface area contributed by atoms with Crippen molar-refractivity contribution in [1.29, 1.82) is 0 Å². The van der Waals surface area contributed by atoms with E-state index in [2.05, 4.69) is 15.1 Å². The molecule has 3 aromatic carbocycles. The Hall–Kier alpha value is -5.83. The Morgan fingerprint density at radius 2 is 1.71 bits per heavy atom. The smallest absolute Gasteiger partial charge is 0.344 e. The third-order valence-electron chi connectivity index (χ3n) is 7.34. The average Bonchev–Trinajstić information content (AvgIpc) is 3.49. The summed E-state index contributed by atoms with van der Waals surface area (Å²) in [4.78, 5) is 27.3. The minimum absolute atomic E-state index is 0.352. The average molecular weight is 552 g/mol. The van der Waals surface area contributed by atoms with Crippen molar-refractivity contribution in [3.63, 3.8) is 0 Å². The van der Waals surface area contributed by atoms with Crippen molar-refractivity contribution >= 4 is 16.6 Å². The summed E-state index contributed by atoms with van der Waals surface area (Å²) in [5, 5.41) is 5.33. The molecule has 1 atom stereocenters. The lowest BCUT2D eigenvalue weighted by molar-refractivity contribution is 0.306. The lowest BCUT2D eigenvalue weighted by Gasteiger charge is -2.27. The van der Waals surface area contributed by atoms with Gasteiger partial charge in [0.05, 0.1) is 22.4 Å². The van der Waals surface area contributed by atoms with E-state index in [-0.39, 0.29) is 0 Å². The topological polar surface area (TPSA) is 105 Å². The fourth-order valence-electron chi connectivity index (χ4n) is 5.38. The summed E-state index contributed by atoms with van der Waals surface area (Å²) >= 11 is 0. The lowest BCUT2D eigenvalue weighted by atomic mass is 9.84. The third kappa shape index (κ3) is 3.98. The summed E-state index contributed by atoms with van der Waals surface area (Å²) in [7, 11) is 0. The van der Waals surface area contributed by atoms with Crippen molar-refractivity contribution < 1.29 is 13.9 Å². The molecule has 0 N–H and O–H groups in total. The van der Waals surface area contributed by atoms with Gasteiger partial charge in [-0.1, -0.05) is 54.6 Å². The zero-order valence-electron chi connectivity index (χ0n) is 22.0. The maximum Gasteiger partial charge on any atom is 0.344 e. The van der Waals surface area contributed by atoms with E-state index >= 15 is 0 Å². The van der Waals surface area contributed by atoms with Crippen LogP contribution in [0.4, 0.5) is 0 Å². The van der Waals surface area contributed by atoms with Gasteiger partial charge in [0.1, 0.15) is 24.3 Å². The number of nitrogens with zero attached hydrogens (tertiary/aromatic N) is 5. The second kappa shape index (κ2) is 9.67. The van der Waals surface area contributed by atoms with Gasteiger partial charge in [-0.3, -0.25) is 4.98 Å². The number of para-hydroxylation sites is 1. The number of rotatable bonds is 5. The number of fused-ring (bicyclic) bond motifs is 6. The van der Waals surface area contributed by atoms with Crippen molar-refractivity contribution in [2.24, 2.45) is 0 Å². The number of benzene rings is 3. The molecule has 1 aliphatic heterocycles. The van der Waals surface area contributed by atoms with E-state index in [1.165, 1.54) is 0 Å². The lowest BCUT2D eigenvalue weighted by Crippen LogP contribution is -2.22. The van der Waals surface area contributed by atoms with Gasteiger partial charge < -0.3 is 13.9 Å². The highest BCUT2D eigenvalue weighted by Crippen LogP contribution is 2.49. The summed E-state index contributed by atoms with van der Waals surface area (Å²) in [5.41, 5.74) is 4.13. The van der Waals surface area contributed by atoms with Gasteiger partial charge in [-0.15, -0.1) is 5.10 Å². The maximum atomic E-state index is 13.6. The first kappa shape index (κ1) is 24.0. The molecule has 0 radical (unpaired) electrons. The van der Waals surface area contributed by atoms with Gasteiger partial charge in [-0.05, 0) is 47.5 Å². The predicted octanol–water partition coefficient (Wildman–Crippen LogP) is 6.16. The van der Waals surface area contributed by atoms with Crippen molar-refractivity contribution in [3.8, 4) is 28.8 Å². The Bertz CT molecular complexity index is 2140. The Morgan fingerprint density at radius 1 is 0.881 bits per heavy atom. The van der Waals surface area contributed by atoms with Gasteiger partial charge in [0.2, 0.25) is 5.88 Å². The molecule has 9 nitrogen and oxygen atoms in total. The second-order valence-corrected chi connectivity index (χ2v) is 9.92. The van der Waals surface area contributed by atoms with E-state index < -0.39 is 11.5 Å². The number of hydrogen-bond donors (Lipinski definition) is 0. The fraction of sp³-hybridized carbons (Fsp3) is 0.0606. The van der Waals surface area contributed by atoms with Crippen molar-refractivity contribution in [2.45, 2.75) is 12.5 Å². The molecule has 1 unspecified atom stereocenters. The van der Waals surface area contributed by atoms with Crippen LogP contribution in [0.5, 0.6) is 17.4 Å². The Balaban J connectivity index is 1.29. The Kier molecular flexibility index (Phi) is 5.53. The monoisotopic (exact) mass is 551 g/mol. The van der Waals surface area contributed by atoms with Crippen LogP contribution in [-0.2, 0) is 6.61 Å². The first-order valence-electron chi connectivity index (χ1n) is 13.4. The van der Waals surface area contributed by atoms with Crippen LogP contribution in [0.3, 0.4) is 0 Å². The molecule has 0 amide bonds. The molecule has 0 fully saturated rings.